The Morgan fingerprint density at radius 1 is 1.56 bits per heavy atom. The van der Waals surface area contributed by atoms with Crippen molar-refractivity contribution in [2.24, 2.45) is 0 Å². The third-order valence-electron chi connectivity index (χ3n) is 2.61. The lowest BCUT2D eigenvalue weighted by Gasteiger charge is -2.23. The summed E-state index contributed by atoms with van der Waals surface area (Å²) in [6, 6.07) is -0.459. The second-order valence-corrected chi connectivity index (χ2v) is 3.78. The molecule has 16 heavy (non-hydrogen) atoms. The van der Waals surface area contributed by atoms with Gasteiger partial charge >= 0.3 is 12.1 Å². The highest BCUT2D eigenvalue weighted by Gasteiger charge is 2.40. The Hall–Kier alpha value is -1.53. The summed E-state index contributed by atoms with van der Waals surface area (Å²) in [5, 5.41) is 8.57. The van der Waals surface area contributed by atoms with Gasteiger partial charge in [0.25, 0.3) is 0 Å². The van der Waals surface area contributed by atoms with E-state index in [2.05, 4.69) is 10.2 Å². The number of aryl methyl sites for hydroxylation is 1. The molecule has 1 aliphatic rings. The molecule has 0 aliphatic heterocycles. The van der Waals surface area contributed by atoms with E-state index in [9.17, 15) is 18.0 Å². The van der Waals surface area contributed by atoms with Gasteiger partial charge in [-0.25, -0.2) is 0 Å². The lowest BCUT2D eigenvalue weighted by molar-refractivity contribution is -0.174. The zero-order chi connectivity index (χ0) is 11.8. The van der Waals surface area contributed by atoms with Gasteiger partial charge in [-0.3, -0.25) is 9.89 Å². The van der Waals surface area contributed by atoms with Gasteiger partial charge in [0.1, 0.15) is 0 Å². The van der Waals surface area contributed by atoms with E-state index in [0.717, 1.165) is 11.3 Å². The molecule has 2 N–H and O–H groups in total. The maximum absolute atomic E-state index is 12.0. The molecule has 4 nitrogen and oxygen atoms in total. The zero-order valence-corrected chi connectivity index (χ0v) is 8.27. The molecular weight excluding hydrogens is 223 g/mol. The van der Waals surface area contributed by atoms with Crippen LogP contribution in [0.5, 0.6) is 0 Å². The van der Waals surface area contributed by atoms with E-state index in [1.165, 1.54) is 0 Å². The Labute approximate surface area is 89.2 Å². The number of carbonyl (C=O) groups is 1. The SMILES string of the molecule is O=C(N[C@@H]1CCc2[nH]ncc2C1)C(F)(F)F. The van der Waals surface area contributed by atoms with Crippen LogP contribution in [0.25, 0.3) is 0 Å². The van der Waals surface area contributed by atoms with Crippen molar-refractivity contribution in [3.63, 3.8) is 0 Å². The van der Waals surface area contributed by atoms with Gasteiger partial charge < -0.3 is 5.32 Å². The van der Waals surface area contributed by atoms with Gasteiger partial charge in [-0.05, 0) is 24.8 Å². The van der Waals surface area contributed by atoms with Gasteiger partial charge in [-0.15, -0.1) is 0 Å². The van der Waals surface area contributed by atoms with E-state index in [1.54, 1.807) is 6.20 Å². The first-order valence-corrected chi connectivity index (χ1v) is 4.85. The van der Waals surface area contributed by atoms with Gasteiger partial charge in [-0.2, -0.15) is 18.3 Å². The quantitative estimate of drug-likeness (QED) is 0.758. The lowest BCUT2D eigenvalue weighted by atomic mass is 9.93. The minimum Gasteiger partial charge on any atom is -0.345 e. The number of halogens is 3. The number of carbonyl (C=O) groups excluding carboxylic acids is 1. The summed E-state index contributed by atoms with van der Waals surface area (Å²) in [5.74, 6) is -1.87. The van der Waals surface area contributed by atoms with E-state index in [1.807, 2.05) is 5.32 Å². The number of hydrogen-bond acceptors (Lipinski definition) is 2. The molecule has 0 bridgehead atoms. The molecule has 1 amide bonds. The number of nitrogens with one attached hydrogen (secondary N) is 2. The maximum atomic E-state index is 12.0. The Balaban J connectivity index is 1.97. The van der Waals surface area contributed by atoms with Crippen LogP contribution < -0.4 is 5.32 Å². The number of alkyl halides is 3. The smallest absolute Gasteiger partial charge is 0.345 e. The first kappa shape index (κ1) is 11.0. The molecule has 0 unspecified atom stereocenters. The van der Waals surface area contributed by atoms with Crippen molar-refractivity contribution < 1.29 is 18.0 Å². The molecule has 0 saturated heterocycles. The summed E-state index contributed by atoms with van der Waals surface area (Å²) in [5.41, 5.74) is 1.82. The minimum absolute atomic E-state index is 0.396. The molecule has 0 radical (unpaired) electrons. The summed E-state index contributed by atoms with van der Waals surface area (Å²) in [7, 11) is 0. The first-order chi connectivity index (χ1) is 7.47. The first-order valence-electron chi connectivity index (χ1n) is 4.85. The number of nitrogens with zero attached hydrogens (tertiary/aromatic N) is 1. The average Bonchev–Trinajstić information content (AvgIpc) is 2.63. The topological polar surface area (TPSA) is 57.8 Å². The van der Waals surface area contributed by atoms with Gasteiger partial charge in [-0.1, -0.05) is 0 Å². The number of aromatic amines is 1. The Morgan fingerprint density at radius 2 is 2.31 bits per heavy atom. The van der Waals surface area contributed by atoms with Gasteiger partial charge in [0.15, 0.2) is 0 Å². The largest absolute Gasteiger partial charge is 0.471 e. The molecule has 0 spiro atoms. The highest BCUT2D eigenvalue weighted by Crippen LogP contribution is 2.21. The van der Waals surface area contributed by atoms with Crippen molar-refractivity contribution in [1.29, 1.82) is 0 Å². The number of aromatic nitrogens is 2. The number of rotatable bonds is 1. The van der Waals surface area contributed by atoms with E-state index in [4.69, 9.17) is 0 Å². The number of hydrogen-bond donors (Lipinski definition) is 2. The van der Waals surface area contributed by atoms with Crippen LogP contribution in [0, 0.1) is 0 Å². The minimum atomic E-state index is -4.81. The van der Waals surface area contributed by atoms with Gasteiger partial charge in [0.2, 0.25) is 0 Å². The van der Waals surface area contributed by atoms with E-state index < -0.39 is 18.1 Å². The fraction of sp³-hybridized carbons (Fsp3) is 0.556. The monoisotopic (exact) mass is 233 g/mol. The van der Waals surface area contributed by atoms with Crippen molar-refractivity contribution >= 4 is 5.91 Å². The molecule has 88 valence electrons. The highest BCUT2D eigenvalue weighted by atomic mass is 19.4. The number of amides is 1. The van der Waals surface area contributed by atoms with Crippen molar-refractivity contribution in [3.8, 4) is 0 Å². The van der Waals surface area contributed by atoms with Gasteiger partial charge in [0.05, 0.1) is 6.20 Å². The Kier molecular flexibility index (Phi) is 2.61. The van der Waals surface area contributed by atoms with Crippen molar-refractivity contribution in [2.75, 3.05) is 0 Å². The molecule has 1 heterocycles. The molecule has 1 atom stereocenters. The third kappa shape index (κ3) is 2.17. The molecule has 1 aliphatic carbocycles. The molecule has 0 fully saturated rings. The fourth-order valence-corrected chi connectivity index (χ4v) is 1.81. The predicted molar refractivity (Wildman–Crippen MR) is 48.6 cm³/mol. The van der Waals surface area contributed by atoms with Crippen molar-refractivity contribution in [3.05, 3.63) is 17.5 Å². The summed E-state index contributed by atoms with van der Waals surface area (Å²) in [6.45, 7) is 0. The van der Waals surface area contributed by atoms with Crippen molar-refractivity contribution in [1.82, 2.24) is 15.5 Å². The Bertz CT molecular complexity index is 399. The summed E-state index contributed by atoms with van der Waals surface area (Å²) < 4.78 is 36.0. The highest BCUT2D eigenvalue weighted by molar-refractivity contribution is 5.82. The normalized spacial score (nSPS) is 20.3. The predicted octanol–water partition coefficient (Wildman–Crippen LogP) is 0.945. The van der Waals surface area contributed by atoms with Gasteiger partial charge in [0, 0.05) is 11.7 Å². The lowest BCUT2D eigenvalue weighted by Crippen LogP contribution is -2.45. The van der Waals surface area contributed by atoms with Crippen LogP contribution in [0.1, 0.15) is 17.7 Å². The molecule has 7 heteroatoms. The second-order valence-electron chi connectivity index (χ2n) is 3.78. The molecule has 2 rings (SSSR count). The van der Waals surface area contributed by atoms with Crippen LogP contribution in [-0.2, 0) is 17.6 Å². The molecule has 1 aromatic heterocycles. The molecule has 1 aromatic rings. The average molecular weight is 233 g/mol. The zero-order valence-electron chi connectivity index (χ0n) is 8.27. The molecular formula is C9H10F3N3O. The number of fused-ring (bicyclic) bond motifs is 1. The van der Waals surface area contributed by atoms with Crippen LogP contribution in [0.4, 0.5) is 13.2 Å². The maximum Gasteiger partial charge on any atom is 0.471 e. The van der Waals surface area contributed by atoms with Crippen LogP contribution in [-0.4, -0.2) is 28.3 Å². The fourth-order valence-electron chi connectivity index (χ4n) is 1.81. The van der Waals surface area contributed by atoms with Crippen LogP contribution in [0.15, 0.2) is 6.20 Å². The summed E-state index contributed by atoms with van der Waals surface area (Å²) >= 11 is 0. The van der Waals surface area contributed by atoms with E-state index >= 15 is 0 Å². The standard InChI is InChI=1S/C9H10F3N3O/c10-9(11,12)8(16)14-6-1-2-7-5(3-6)4-13-15-7/h4,6H,1-3H2,(H,13,15)(H,14,16)/t6-/m1/s1. The van der Waals surface area contributed by atoms with Crippen LogP contribution >= 0.6 is 0 Å². The van der Waals surface area contributed by atoms with E-state index in [0.29, 0.717) is 19.3 Å². The van der Waals surface area contributed by atoms with Crippen LogP contribution in [0.3, 0.4) is 0 Å². The number of H-pyrrole nitrogens is 1. The van der Waals surface area contributed by atoms with Crippen molar-refractivity contribution in [2.45, 2.75) is 31.5 Å². The Morgan fingerprint density at radius 3 is 3.00 bits per heavy atom. The summed E-state index contributed by atoms with van der Waals surface area (Å²) in [6.07, 6.45) is -1.72. The molecule has 0 aromatic carbocycles. The third-order valence-corrected chi connectivity index (χ3v) is 2.61. The summed E-state index contributed by atoms with van der Waals surface area (Å²) in [4.78, 5) is 10.7. The van der Waals surface area contributed by atoms with Crippen LogP contribution in [0.2, 0.25) is 0 Å². The second kappa shape index (κ2) is 3.80. The van der Waals surface area contributed by atoms with E-state index in [-0.39, 0.29) is 0 Å². The molecule has 0 saturated carbocycles.